The van der Waals surface area contributed by atoms with Crippen molar-refractivity contribution >= 4 is 18.7 Å². The zero-order valence-electron chi connectivity index (χ0n) is 11.5. The van der Waals surface area contributed by atoms with Gasteiger partial charge in [-0.2, -0.15) is 0 Å². The van der Waals surface area contributed by atoms with Crippen molar-refractivity contribution in [3.05, 3.63) is 35.6 Å². The van der Waals surface area contributed by atoms with E-state index < -0.39 is 5.91 Å². The first-order valence-electron chi connectivity index (χ1n) is 5.71. The lowest BCUT2D eigenvalue weighted by atomic mass is 10.1. The topological polar surface area (TPSA) is 87.8 Å². The zero-order valence-corrected chi connectivity index (χ0v) is 11.5. The molecule has 0 heterocycles. The molecule has 3 N–H and O–H groups in total. The fraction of sp³-hybridized carbons (Fsp3) is 0.308. The second-order valence-corrected chi connectivity index (χ2v) is 3.78. The third kappa shape index (κ3) is 5.78. The van der Waals surface area contributed by atoms with Crippen LogP contribution >= 0.6 is 0 Å². The highest BCUT2D eigenvalue weighted by atomic mass is 16.2. The Morgan fingerprint density at radius 3 is 2.53 bits per heavy atom. The maximum Gasteiger partial charge on any atom is 0.253 e. The minimum absolute atomic E-state index is 0.185. The number of nitrogens with zero attached hydrogens (tertiary/aromatic N) is 2. The van der Waals surface area contributed by atoms with Gasteiger partial charge in [-0.25, -0.2) is 10.8 Å². The van der Waals surface area contributed by atoms with E-state index >= 15 is 0 Å². The minimum Gasteiger partial charge on any atom is -0.296 e. The number of aliphatic imine (C=N–C) groups is 1. The van der Waals surface area contributed by atoms with E-state index in [1.165, 1.54) is 6.34 Å². The highest BCUT2D eigenvalue weighted by molar-refractivity contribution is 5.85. The summed E-state index contributed by atoms with van der Waals surface area (Å²) in [4.78, 5) is 27.0. The van der Waals surface area contributed by atoms with E-state index in [1.807, 2.05) is 32.3 Å². The standard InChI is InChI=1S/C13H20N4O2/c1-5-10(3)11(4)12(6-2)15-8-17(9-18)7-13(19)16-14/h5-6,8-9H,2,7,14H2,1,3-4H3,(H,16,19)/b10-5-,12-11+,15-8-. The van der Waals surface area contributed by atoms with Crippen LogP contribution in [0.1, 0.15) is 20.8 Å². The lowest BCUT2D eigenvalue weighted by molar-refractivity contribution is -0.125. The van der Waals surface area contributed by atoms with E-state index in [0.29, 0.717) is 12.1 Å². The van der Waals surface area contributed by atoms with Crippen LogP contribution in [0, 0.1) is 0 Å². The molecule has 0 aliphatic heterocycles. The maximum atomic E-state index is 11.0. The van der Waals surface area contributed by atoms with Gasteiger partial charge in [-0.1, -0.05) is 18.2 Å². The van der Waals surface area contributed by atoms with Gasteiger partial charge in [-0.3, -0.25) is 19.9 Å². The van der Waals surface area contributed by atoms with Crippen molar-refractivity contribution in [3.8, 4) is 0 Å². The van der Waals surface area contributed by atoms with Crippen molar-refractivity contribution in [1.29, 1.82) is 0 Å². The lowest BCUT2D eigenvalue weighted by Crippen LogP contribution is -2.39. The van der Waals surface area contributed by atoms with E-state index in [4.69, 9.17) is 5.84 Å². The van der Waals surface area contributed by atoms with Crippen molar-refractivity contribution in [2.24, 2.45) is 10.8 Å². The zero-order chi connectivity index (χ0) is 14.8. The van der Waals surface area contributed by atoms with Crippen LogP contribution in [0.25, 0.3) is 0 Å². The van der Waals surface area contributed by atoms with Crippen LogP contribution in [0.5, 0.6) is 0 Å². The first-order chi connectivity index (χ1) is 8.99. The maximum absolute atomic E-state index is 11.0. The van der Waals surface area contributed by atoms with Gasteiger partial charge in [0.2, 0.25) is 6.41 Å². The number of carbonyl (C=O) groups excluding carboxylic acids is 2. The van der Waals surface area contributed by atoms with Gasteiger partial charge in [0.1, 0.15) is 6.54 Å². The van der Waals surface area contributed by atoms with Crippen LogP contribution in [-0.2, 0) is 9.59 Å². The highest BCUT2D eigenvalue weighted by Crippen LogP contribution is 2.15. The Morgan fingerprint density at radius 2 is 2.11 bits per heavy atom. The molecule has 0 aromatic rings. The van der Waals surface area contributed by atoms with E-state index in [1.54, 1.807) is 6.08 Å². The fourth-order valence-corrected chi connectivity index (χ4v) is 1.17. The summed E-state index contributed by atoms with van der Waals surface area (Å²) in [5, 5.41) is 0. The number of hydrogen-bond acceptors (Lipinski definition) is 4. The lowest BCUT2D eigenvalue weighted by Gasteiger charge is -2.10. The number of nitrogens with one attached hydrogen (secondary N) is 1. The van der Waals surface area contributed by atoms with E-state index in [9.17, 15) is 9.59 Å². The molecule has 0 saturated heterocycles. The van der Waals surface area contributed by atoms with E-state index in [-0.39, 0.29) is 6.54 Å². The molecule has 0 radical (unpaired) electrons. The number of hydrazine groups is 1. The summed E-state index contributed by atoms with van der Waals surface area (Å²) in [5.74, 6) is 4.46. The first kappa shape index (κ1) is 16.8. The molecule has 0 aromatic heterocycles. The molecule has 104 valence electrons. The van der Waals surface area contributed by atoms with Gasteiger partial charge < -0.3 is 0 Å². The Balaban J connectivity index is 5.05. The van der Waals surface area contributed by atoms with Gasteiger partial charge in [0.15, 0.2) is 0 Å². The molecule has 0 aliphatic carbocycles. The average Bonchev–Trinajstić information content (AvgIpc) is 2.44. The highest BCUT2D eigenvalue weighted by Gasteiger charge is 2.05. The van der Waals surface area contributed by atoms with E-state index in [0.717, 1.165) is 16.0 Å². The molecule has 0 saturated carbocycles. The minimum atomic E-state index is -0.482. The molecule has 0 bridgehead atoms. The van der Waals surface area contributed by atoms with Crippen LogP contribution in [0.4, 0.5) is 0 Å². The SMILES string of the molecule is C=CC(/N=C\N(C=O)CC(=O)NN)=C(C)\C(C)=C/C. The number of allylic oxidation sites excluding steroid dienone is 4. The van der Waals surface area contributed by atoms with Gasteiger partial charge in [0, 0.05) is 0 Å². The number of nitrogens with two attached hydrogens (primary N) is 1. The first-order valence-corrected chi connectivity index (χ1v) is 5.71. The number of amides is 2. The summed E-state index contributed by atoms with van der Waals surface area (Å²) < 4.78 is 0. The summed E-state index contributed by atoms with van der Waals surface area (Å²) in [5.41, 5.74) is 4.58. The molecule has 0 rings (SSSR count). The van der Waals surface area contributed by atoms with Crippen LogP contribution < -0.4 is 11.3 Å². The number of rotatable bonds is 7. The summed E-state index contributed by atoms with van der Waals surface area (Å²) in [6.45, 7) is 9.27. The summed E-state index contributed by atoms with van der Waals surface area (Å²) in [6.07, 6.45) is 5.31. The third-order valence-electron chi connectivity index (χ3n) is 2.57. The summed E-state index contributed by atoms with van der Waals surface area (Å²) in [6, 6.07) is 0. The largest absolute Gasteiger partial charge is 0.296 e. The molecule has 0 spiro atoms. The van der Waals surface area contributed by atoms with Gasteiger partial charge in [-0.05, 0) is 32.4 Å². The van der Waals surface area contributed by atoms with Crippen LogP contribution in [0.15, 0.2) is 40.6 Å². The molecular formula is C13H20N4O2. The second kappa shape index (κ2) is 8.82. The van der Waals surface area contributed by atoms with Crippen molar-refractivity contribution in [1.82, 2.24) is 10.3 Å². The Hall–Kier alpha value is -2.21. The number of hydrogen-bond donors (Lipinski definition) is 2. The fourth-order valence-electron chi connectivity index (χ4n) is 1.17. The average molecular weight is 264 g/mol. The molecule has 6 heteroatoms. The smallest absolute Gasteiger partial charge is 0.253 e. The molecule has 19 heavy (non-hydrogen) atoms. The summed E-state index contributed by atoms with van der Waals surface area (Å²) >= 11 is 0. The van der Waals surface area contributed by atoms with Crippen molar-refractivity contribution < 1.29 is 9.59 Å². The molecule has 0 aliphatic rings. The van der Waals surface area contributed by atoms with Crippen LogP contribution in [0.3, 0.4) is 0 Å². The Kier molecular flexibility index (Phi) is 7.79. The second-order valence-electron chi connectivity index (χ2n) is 3.78. The molecule has 0 fully saturated rings. The molecule has 2 amide bonds. The van der Waals surface area contributed by atoms with Gasteiger partial charge in [0.05, 0.1) is 12.0 Å². The van der Waals surface area contributed by atoms with E-state index in [2.05, 4.69) is 11.6 Å². The van der Waals surface area contributed by atoms with Gasteiger partial charge in [-0.15, -0.1) is 0 Å². The molecule has 0 aromatic carbocycles. The Bertz CT molecular complexity index is 436. The van der Waals surface area contributed by atoms with Crippen LogP contribution in [0.2, 0.25) is 0 Å². The van der Waals surface area contributed by atoms with Crippen molar-refractivity contribution in [2.75, 3.05) is 6.54 Å². The van der Waals surface area contributed by atoms with Crippen molar-refractivity contribution in [3.63, 3.8) is 0 Å². The normalized spacial score (nSPS) is 12.9. The third-order valence-corrected chi connectivity index (χ3v) is 2.57. The molecule has 0 unspecified atom stereocenters. The molecular weight excluding hydrogens is 244 g/mol. The van der Waals surface area contributed by atoms with Crippen LogP contribution in [-0.4, -0.2) is 30.1 Å². The Morgan fingerprint density at radius 1 is 1.47 bits per heavy atom. The monoisotopic (exact) mass is 264 g/mol. The quantitative estimate of drug-likeness (QED) is 0.136. The Labute approximate surface area is 113 Å². The molecule has 0 atom stereocenters. The summed E-state index contributed by atoms with van der Waals surface area (Å²) in [7, 11) is 0. The van der Waals surface area contributed by atoms with Gasteiger partial charge >= 0.3 is 0 Å². The van der Waals surface area contributed by atoms with Crippen molar-refractivity contribution in [2.45, 2.75) is 20.8 Å². The number of carbonyl (C=O) groups is 2. The molecule has 6 nitrogen and oxygen atoms in total. The predicted molar refractivity (Wildman–Crippen MR) is 75.9 cm³/mol. The van der Waals surface area contributed by atoms with Gasteiger partial charge in [0.25, 0.3) is 5.91 Å². The predicted octanol–water partition coefficient (Wildman–Crippen LogP) is 0.889.